The fourth-order valence-corrected chi connectivity index (χ4v) is 3.16. The molecule has 3 rings (SSSR count). The third-order valence-corrected chi connectivity index (χ3v) is 4.16. The summed E-state index contributed by atoms with van der Waals surface area (Å²) in [4.78, 5) is 16.8. The maximum atomic E-state index is 11.4. The van der Waals surface area contributed by atoms with Crippen LogP contribution in [0.4, 0.5) is 0 Å². The van der Waals surface area contributed by atoms with Crippen molar-refractivity contribution in [3.8, 4) is 16.3 Å². The number of hydrogen-bond donors (Lipinski definition) is 0. The van der Waals surface area contributed by atoms with Gasteiger partial charge in [0.05, 0.1) is 31.9 Å². The zero-order valence-electron chi connectivity index (χ0n) is 11.0. The molecule has 0 spiro atoms. The lowest BCUT2D eigenvalue weighted by molar-refractivity contribution is 0.243. The van der Waals surface area contributed by atoms with E-state index in [1.54, 1.807) is 18.2 Å². The van der Waals surface area contributed by atoms with Crippen LogP contribution in [0.25, 0.3) is 20.8 Å². The van der Waals surface area contributed by atoms with Gasteiger partial charge in [0.1, 0.15) is 5.75 Å². The van der Waals surface area contributed by atoms with Crippen molar-refractivity contribution in [2.45, 2.75) is 20.0 Å². The molecule has 3 nitrogen and oxygen atoms in total. The van der Waals surface area contributed by atoms with Crippen LogP contribution >= 0.6 is 22.9 Å². The van der Waals surface area contributed by atoms with Gasteiger partial charge in [0.15, 0.2) is 5.43 Å². The number of ether oxygens (including phenoxy) is 1. The summed E-state index contributed by atoms with van der Waals surface area (Å²) in [6.07, 6.45) is 0.0524. The van der Waals surface area contributed by atoms with Crippen molar-refractivity contribution in [2.24, 2.45) is 0 Å². The van der Waals surface area contributed by atoms with Gasteiger partial charge in [-0.15, -0.1) is 11.3 Å². The zero-order chi connectivity index (χ0) is 14.3. The van der Waals surface area contributed by atoms with Crippen molar-refractivity contribution in [1.82, 2.24) is 4.98 Å². The zero-order valence-corrected chi connectivity index (χ0v) is 12.6. The number of nitrogens with zero attached hydrogens (tertiary/aromatic N) is 1. The van der Waals surface area contributed by atoms with Gasteiger partial charge in [-0.05, 0) is 32.0 Å². The fraction of sp³-hybridized carbons (Fsp3) is 0.200. The molecular formula is C15H12ClNO2S. The van der Waals surface area contributed by atoms with Crippen LogP contribution < -0.4 is 10.2 Å². The standard InChI is InChI=1S/C15H12ClNO2S/c1-8(2)19-13-7-15-12(6-10(13)16)17-11-4-3-9(18)5-14(11)20-15/h3-8H,1-2H3. The Bertz CT molecular complexity index is 813. The number of hydrogen-bond acceptors (Lipinski definition) is 4. The van der Waals surface area contributed by atoms with Gasteiger partial charge in [-0.3, -0.25) is 4.79 Å². The van der Waals surface area contributed by atoms with Crippen LogP contribution in [-0.2, 0) is 0 Å². The van der Waals surface area contributed by atoms with Crippen LogP contribution in [0.15, 0.2) is 35.1 Å². The number of fused-ring (bicyclic) bond motifs is 2. The van der Waals surface area contributed by atoms with Gasteiger partial charge in [-0.1, -0.05) is 11.6 Å². The summed E-state index contributed by atoms with van der Waals surface area (Å²) in [5, 5.41) is 0.547. The van der Waals surface area contributed by atoms with Gasteiger partial charge in [-0.2, -0.15) is 0 Å². The largest absolute Gasteiger partial charge is 0.489 e. The van der Waals surface area contributed by atoms with E-state index in [-0.39, 0.29) is 11.5 Å². The first-order valence-electron chi connectivity index (χ1n) is 6.24. The molecule has 0 bridgehead atoms. The average Bonchev–Trinajstić information content (AvgIpc) is 2.37. The Kier molecular flexibility index (Phi) is 3.36. The Morgan fingerprint density at radius 3 is 2.80 bits per heavy atom. The van der Waals surface area contributed by atoms with Gasteiger partial charge in [0.2, 0.25) is 0 Å². The quantitative estimate of drug-likeness (QED) is 0.666. The second-order valence-corrected chi connectivity index (χ2v) is 6.25. The highest BCUT2D eigenvalue weighted by Crippen LogP contribution is 2.35. The van der Waals surface area contributed by atoms with Gasteiger partial charge in [0, 0.05) is 12.1 Å². The molecule has 0 radical (unpaired) electrons. The highest BCUT2D eigenvalue weighted by atomic mass is 35.5. The summed E-state index contributed by atoms with van der Waals surface area (Å²) < 4.78 is 6.62. The smallest absolute Gasteiger partial charge is 0.180 e. The predicted octanol–water partition coefficient (Wildman–Crippen LogP) is 4.20. The molecule has 1 aromatic carbocycles. The van der Waals surface area contributed by atoms with E-state index in [9.17, 15) is 4.79 Å². The molecular weight excluding hydrogens is 294 g/mol. The Morgan fingerprint density at radius 1 is 1.25 bits per heavy atom. The van der Waals surface area contributed by atoms with E-state index in [0.29, 0.717) is 10.8 Å². The van der Waals surface area contributed by atoms with Crippen LogP contribution in [0.5, 0.6) is 5.75 Å². The van der Waals surface area contributed by atoms with E-state index in [2.05, 4.69) is 4.98 Å². The van der Waals surface area contributed by atoms with Gasteiger partial charge in [-0.25, -0.2) is 4.98 Å². The Labute approximate surface area is 125 Å². The molecule has 0 saturated carbocycles. The summed E-state index contributed by atoms with van der Waals surface area (Å²) in [6, 6.07) is 8.54. The summed E-state index contributed by atoms with van der Waals surface area (Å²) in [6.45, 7) is 3.90. The molecule has 0 N–H and O–H groups in total. The van der Waals surface area contributed by atoms with E-state index in [1.807, 2.05) is 19.9 Å². The molecule has 1 heterocycles. The lowest BCUT2D eigenvalue weighted by atomic mass is 10.2. The summed E-state index contributed by atoms with van der Waals surface area (Å²) in [5.41, 5.74) is 1.60. The third-order valence-electron chi connectivity index (χ3n) is 2.77. The van der Waals surface area contributed by atoms with Gasteiger partial charge >= 0.3 is 0 Å². The minimum Gasteiger partial charge on any atom is -0.489 e. The van der Waals surface area contributed by atoms with Crippen LogP contribution in [0.1, 0.15) is 13.8 Å². The molecule has 0 aromatic heterocycles. The van der Waals surface area contributed by atoms with E-state index >= 15 is 0 Å². The number of benzene rings is 2. The van der Waals surface area contributed by atoms with E-state index in [1.165, 1.54) is 17.4 Å². The maximum absolute atomic E-state index is 11.4. The predicted molar refractivity (Wildman–Crippen MR) is 83.3 cm³/mol. The Hall–Kier alpha value is -1.65. The van der Waals surface area contributed by atoms with E-state index in [4.69, 9.17) is 16.3 Å². The molecule has 0 atom stereocenters. The maximum Gasteiger partial charge on any atom is 0.180 e. The normalized spacial score (nSPS) is 11.4. The van der Waals surface area contributed by atoms with E-state index < -0.39 is 0 Å². The second kappa shape index (κ2) is 5.04. The lowest BCUT2D eigenvalue weighted by Crippen LogP contribution is -2.06. The first-order valence-corrected chi connectivity index (χ1v) is 7.43. The highest BCUT2D eigenvalue weighted by Gasteiger charge is 2.11. The molecule has 102 valence electrons. The molecule has 0 unspecified atom stereocenters. The van der Waals surface area contributed by atoms with Crippen LogP contribution in [0, 0.1) is 0 Å². The van der Waals surface area contributed by atoms with Crippen molar-refractivity contribution in [2.75, 3.05) is 0 Å². The Morgan fingerprint density at radius 2 is 2.05 bits per heavy atom. The molecule has 0 fully saturated rings. The monoisotopic (exact) mass is 305 g/mol. The first kappa shape index (κ1) is 13.3. The topological polar surface area (TPSA) is 39.2 Å². The van der Waals surface area contributed by atoms with Crippen LogP contribution in [-0.4, -0.2) is 11.1 Å². The van der Waals surface area contributed by atoms with Gasteiger partial charge in [0.25, 0.3) is 0 Å². The Balaban J connectivity index is 2.25. The summed E-state index contributed by atoms with van der Waals surface area (Å²) in [7, 11) is 0. The molecule has 0 saturated heterocycles. The van der Waals surface area contributed by atoms with E-state index in [0.717, 1.165) is 20.8 Å². The minimum atomic E-state index is -0.0116. The molecule has 5 heteroatoms. The molecule has 1 aliphatic heterocycles. The van der Waals surface area contributed by atoms with Crippen molar-refractivity contribution < 1.29 is 4.74 Å². The third kappa shape index (κ3) is 2.49. The van der Waals surface area contributed by atoms with Crippen molar-refractivity contribution in [1.29, 1.82) is 0 Å². The molecule has 1 aromatic rings. The molecule has 20 heavy (non-hydrogen) atoms. The summed E-state index contributed by atoms with van der Waals surface area (Å²) >= 11 is 7.73. The number of rotatable bonds is 2. The van der Waals surface area contributed by atoms with Crippen LogP contribution in [0.2, 0.25) is 5.02 Å². The van der Waals surface area contributed by atoms with Crippen molar-refractivity contribution in [3.05, 3.63) is 45.6 Å². The summed E-state index contributed by atoms with van der Waals surface area (Å²) in [5.74, 6) is 0.643. The highest BCUT2D eigenvalue weighted by molar-refractivity contribution is 7.21. The number of halogens is 1. The van der Waals surface area contributed by atoms with Crippen LogP contribution in [0.3, 0.4) is 0 Å². The SMILES string of the molecule is CC(C)Oc1cc2sc3cc(=O)ccc-3nc2cc1Cl. The minimum absolute atomic E-state index is 0.0116. The number of aromatic nitrogens is 1. The molecule has 2 aliphatic rings. The average molecular weight is 306 g/mol. The van der Waals surface area contributed by atoms with Crippen molar-refractivity contribution >= 4 is 33.2 Å². The molecule has 0 amide bonds. The lowest BCUT2D eigenvalue weighted by Gasteiger charge is -2.13. The van der Waals surface area contributed by atoms with Crippen molar-refractivity contribution in [3.63, 3.8) is 0 Å². The molecule has 1 aliphatic carbocycles. The second-order valence-electron chi connectivity index (χ2n) is 4.76. The fourth-order valence-electron chi connectivity index (χ4n) is 1.95. The first-order chi connectivity index (χ1) is 9.52. The van der Waals surface area contributed by atoms with Gasteiger partial charge < -0.3 is 4.74 Å².